The second-order valence-electron chi connectivity index (χ2n) is 3.86. The highest BCUT2D eigenvalue weighted by molar-refractivity contribution is 4.66. The first-order valence-electron chi connectivity index (χ1n) is 6.07. The summed E-state index contributed by atoms with van der Waals surface area (Å²) in [5, 5.41) is 11.7. The molecule has 0 spiro atoms. The Bertz CT molecular complexity index is 128. The van der Waals surface area contributed by atoms with Crippen LogP contribution in [-0.4, -0.2) is 32.5 Å². The second-order valence-corrected chi connectivity index (χ2v) is 3.86. The van der Waals surface area contributed by atoms with Crippen LogP contribution in [0.25, 0.3) is 0 Å². The summed E-state index contributed by atoms with van der Waals surface area (Å²) >= 11 is 0. The summed E-state index contributed by atoms with van der Waals surface area (Å²) in [7, 11) is 0. The van der Waals surface area contributed by atoms with E-state index in [9.17, 15) is 5.11 Å². The summed E-state index contributed by atoms with van der Waals surface area (Å²) in [6.45, 7) is 8.48. The number of hydrogen-bond acceptors (Lipinski definition) is 2. The molecule has 0 fully saturated rings. The number of ether oxygens (including phenoxy) is 2. The summed E-state index contributed by atoms with van der Waals surface area (Å²) in [5.41, 5.74) is 0. The molecule has 0 N–H and O–H groups in total. The molecule has 3 heteroatoms. The van der Waals surface area contributed by atoms with E-state index in [-0.39, 0.29) is 5.92 Å². The molecule has 15 heavy (non-hydrogen) atoms. The maximum atomic E-state index is 11.7. The third-order valence-electron chi connectivity index (χ3n) is 2.36. The van der Waals surface area contributed by atoms with Crippen molar-refractivity contribution in [1.29, 1.82) is 0 Å². The predicted molar refractivity (Wildman–Crippen MR) is 60.5 cm³/mol. The van der Waals surface area contributed by atoms with Crippen molar-refractivity contribution >= 4 is 0 Å². The van der Waals surface area contributed by atoms with Crippen molar-refractivity contribution in [3.8, 4) is 0 Å². The van der Waals surface area contributed by atoms with E-state index in [0.717, 1.165) is 25.9 Å². The van der Waals surface area contributed by atoms with Crippen LogP contribution in [-0.2, 0) is 14.6 Å². The maximum absolute atomic E-state index is 11.7. The van der Waals surface area contributed by atoms with Gasteiger partial charge in [0.15, 0.2) is 0 Å². The minimum atomic E-state index is -0.640. The highest BCUT2D eigenvalue weighted by Gasteiger charge is 2.19. The topological polar surface area (TPSA) is 38.4 Å². The van der Waals surface area contributed by atoms with Gasteiger partial charge in [0.2, 0.25) is 0 Å². The highest BCUT2D eigenvalue weighted by atomic mass is 16.5. The SMILES string of the molecule is CCCOCC([O])C(CC)COCCC. The fourth-order valence-corrected chi connectivity index (χ4v) is 1.35. The first-order valence-corrected chi connectivity index (χ1v) is 6.07. The van der Waals surface area contributed by atoms with Gasteiger partial charge in [0.1, 0.15) is 6.10 Å². The molecule has 1 radical (unpaired) electrons. The van der Waals surface area contributed by atoms with E-state index < -0.39 is 6.10 Å². The Morgan fingerprint density at radius 2 is 1.47 bits per heavy atom. The van der Waals surface area contributed by atoms with E-state index >= 15 is 0 Å². The lowest BCUT2D eigenvalue weighted by Gasteiger charge is -2.19. The smallest absolute Gasteiger partial charge is 0.121 e. The van der Waals surface area contributed by atoms with Gasteiger partial charge in [-0.3, -0.25) is 0 Å². The Morgan fingerprint density at radius 1 is 0.933 bits per heavy atom. The summed E-state index contributed by atoms with van der Waals surface area (Å²) in [5.74, 6) is 0.0911. The van der Waals surface area contributed by atoms with Gasteiger partial charge in [0.25, 0.3) is 0 Å². The quantitative estimate of drug-likeness (QED) is 0.528. The molecule has 0 bridgehead atoms. The monoisotopic (exact) mass is 217 g/mol. The maximum Gasteiger partial charge on any atom is 0.121 e. The molecule has 0 amide bonds. The molecule has 2 unspecified atom stereocenters. The Balaban J connectivity index is 3.62. The van der Waals surface area contributed by atoms with Crippen LogP contribution in [0.2, 0.25) is 0 Å². The van der Waals surface area contributed by atoms with Crippen LogP contribution in [0.1, 0.15) is 40.0 Å². The van der Waals surface area contributed by atoms with Gasteiger partial charge < -0.3 is 9.47 Å². The van der Waals surface area contributed by atoms with Crippen LogP contribution < -0.4 is 0 Å². The van der Waals surface area contributed by atoms with E-state index in [1.54, 1.807) is 0 Å². The van der Waals surface area contributed by atoms with Crippen molar-refractivity contribution in [3.05, 3.63) is 0 Å². The molecule has 0 aliphatic carbocycles. The average molecular weight is 217 g/mol. The third-order valence-corrected chi connectivity index (χ3v) is 2.36. The molecule has 0 heterocycles. The van der Waals surface area contributed by atoms with Crippen molar-refractivity contribution in [2.75, 3.05) is 26.4 Å². The fraction of sp³-hybridized carbons (Fsp3) is 1.00. The Labute approximate surface area is 93.8 Å². The zero-order valence-corrected chi connectivity index (χ0v) is 10.3. The molecule has 0 aliphatic heterocycles. The summed E-state index contributed by atoms with van der Waals surface area (Å²) < 4.78 is 10.7. The molecule has 0 aromatic rings. The largest absolute Gasteiger partial charge is 0.381 e. The first kappa shape index (κ1) is 14.9. The third kappa shape index (κ3) is 7.77. The molecular formula is C12H25O3. The Hall–Kier alpha value is -0.120. The minimum Gasteiger partial charge on any atom is -0.381 e. The molecular weight excluding hydrogens is 192 g/mol. The van der Waals surface area contributed by atoms with Crippen LogP contribution in [0.4, 0.5) is 0 Å². The van der Waals surface area contributed by atoms with Crippen LogP contribution in [0, 0.1) is 5.92 Å². The van der Waals surface area contributed by atoms with Crippen LogP contribution in [0.5, 0.6) is 0 Å². The molecule has 0 aromatic heterocycles. The molecule has 0 aromatic carbocycles. The molecule has 0 saturated heterocycles. The van der Waals surface area contributed by atoms with Gasteiger partial charge in [-0.25, -0.2) is 5.11 Å². The van der Waals surface area contributed by atoms with Crippen molar-refractivity contribution in [3.63, 3.8) is 0 Å². The van der Waals surface area contributed by atoms with E-state index in [1.165, 1.54) is 0 Å². The van der Waals surface area contributed by atoms with Crippen LogP contribution in [0.3, 0.4) is 0 Å². The van der Waals surface area contributed by atoms with Crippen molar-refractivity contribution in [2.24, 2.45) is 5.92 Å². The fourth-order valence-electron chi connectivity index (χ4n) is 1.35. The molecule has 0 saturated carbocycles. The summed E-state index contributed by atoms with van der Waals surface area (Å²) in [6.07, 6.45) is 2.20. The first-order chi connectivity index (χ1) is 7.26. The van der Waals surface area contributed by atoms with E-state index in [2.05, 4.69) is 6.92 Å². The predicted octanol–water partition coefficient (Wildman–Crippen LogP) is 2.66. The van der Waals surface area contributed by atoms with Crippen molar-refractivity contribution in [2.45, 2.75) is 46.1 Å². The van der Waals surface area contributed by atoms with Crippen LogP contribution in [0.15, 0.2) is 0 Å². The van der Waals surface area contributed by atoms with Crippen molar-refractivity contribution in [1.82, 2.24) is 0 Å². The van der Waals surface area contributed by atoms with Gasteiger partial charge in [-0.15, -0.1) is 0 Å². The standard InChI is InChI=1S/C12H25O3/c1-4-7-14-9-11(6-3)12(13)10-15-8-5-2/h11-12H,4-10H2,1-3H3. The lowest BCUT2D eigenvalue weighted by Crippen LogP contribution is -2.28. The van der Waals surface area contributed by atoms with Gasteiger partial charge >= 0.3 is 0 Å². The van der Waals surface area contributed by atoms with Gasteiger partial charge in [0.05, 0.1) is 13.2 Å². The average Bonchev–Trinajstić information content (AvgIpc) is 2.24. The lowest BCUT2D eigenvalue weighted by molar-refractivity contribution is -0.0595. The summed E-state index contributed by atoms with van der Waals surface area (Å²) in [6, 6.07) is 0. The van der Waals surface area contributed by atoms with Crippen LogP contribution >= 0.6 is 0 Å². The normalized spacial score (nSPS) is 15.2. The molecule has 3 nitrogen and oxygen atoms in total. The number of hydrogen-bond donors (Lipinski definition) is 0. The lowest BCUT2D eigenvalue weighted by atomic mass is 10.0. The highest BCUT2D eigenvalue weighted by Crippen LogP contribution is 2.11. The Kier molecular flexibility index (Phi) is 10.3. The molecule has 2 atom stereocenters. The molecule has 91 valence electrons. The minimum absolute atomic E-state index is 0.0911. The van der Waals surface area contributed by atoms with Gasteiger partial charge in [-0.1, -0.05) is 20.8 Å². The second kappa shape index (κ2) is 10.4. The zero-order valence-electron chi connectivity index (χ0n) is 10.3. The van der Waals surface area contributed by atoms with E-state index in [1.807, 2.05) is 13.8 Å². The zero-order chi connectivity index (χ0) is 11.5. The number of rotatable bonds is 10. The molecule has 0 rings (SSSR count). The summed E-state index contributed by atoms with van der Waals surface area (Å²) in [4.78, 5) is 0. The van der Waals surface area contributed by atoms with Gasteiger partial charge in [-0.2, -0.15) is 0 Å². The molecule has 0 aliphatic rings. The van der Waals surface area contributed by atoms with E-state index in [0.29, 0.717) is 19.8 Å². The van der Waals surface area contributed by atoms with Gasteiger partial charge in [-0.05, 0) is 19.3 Å². The van der Waals surface area contributed by atoms with E-state index in [4.69, 9.17) is 9.47 Å². The Morgan fingerprint density at radius 3 is 1.93 bits per heavy atom. The van der Waals surface area contributed by atoms with Crippen molar-refractivity contribution < 1.29 is 14.6 Å². The van der Waals surface area contributed by atoms with Gasteiger partial charge in [0, 0.05) is 19.1 Å².